The Morgan fingerprint density at radius 1 is 1.36 bits per heavy atom. The lowest BCUT2D eigenvalue weighted by molar-refractivity contribution is 0.241. The van der Waals surface area contributed by atoms with Crippen LogP contribution in [0.2, 0.25) is 5.02 Å². The number of hydrogen-bond donors (Lipinski definition) is 2. The number of amides is 2. The molecule has 1 heterocycles. The van der Waals surface area contributed by atoms with E-state index in [1.165, 1.54) is 12.1 Å². The lowest BCUT2D eigenvalue weighted by Crippen LogP contribution is -2.41. The highest BCUT2D eigenvalue weighted by Gasteiger charge is 2.31. The van der Waals surface area contributed by atoms with Crippen LogP contribution in [0.25, 0.3) is 0 Å². The summed E-state index contributed by atoms with van der Waals surface area (Å²) in [6, 6.07) is 3.95. The van der Waals surface area contributed by atoms with Crippen molar-refractivity contribution in [3.05, 3.63) is 34.6 Å². The zero-order chi connectivity index (χ0) is 16.2. The minimum atomic E-state index is -3.07. The molecule has 0 unspecified atom stereocenters. The Labute approximate surface area is 134 Å². The van der Waals surface area contributed by atoms with Gasteiger partial charge in [-0.25, -0.2) is 17.6 Å². The van der Waals surface area contributed by atoms with E-state index in [-0.39, 0.29) is 25.3 Å². The molecule has 2 N–H and O–H groups in total. The maximum atomic E-state index is 13.5. The van der Waals surface area contributed by atoms with Crippen LogP contribution in [-0.4, -0.2) is 38.5 Å². The summed E-state index contributed by atoms with van der Waals surface area (Å²) in [5.74, 6) is -0.223. The largest absolute Gasteiger partial charge is 0.338 e. The highest BCUT2D eigenvalue weighted by atomic mass is 35.5. The molecule has 2 amide bonds. The Balaban J connectivity index is 1.74. The third-order valence-corrected chi connectivity index (χ3v) is 6.31. The van der Waals surface area contributed by atoms with Gasteiger partial charge < -0.3 is 10.6 Å². The van der Waals surface area contributed by atoms with Gasteiger partial charge in [-0.15, -0.1) is 0 Å². The molecule has 1 aliphatic rings. The molecule has 1 aliphatic heterocycles. The molecule has 0 saturated carbocycles. The SMILES string of the molecule is O=C(NCCc1c(F)cccc1Cl)NC[C@@H]1CCCS1(=O)=O. The van der Waals surface area contributed by atoms with E-state index in [4.69, 9.17) is 11.6 Å². The van der Waals surface area contributed by atoms with Gasteiger partial charge in [-0.1, -0.05) is 17.7 Å². The topological polar surface area (TPSA) is 75.3 Å². The molecule has 0 bridgehead atoms. The first-order valence-corrected chi connectivity index (χ1v) is 9.15. The van der Waals surface area contributed by atoms with Gasteiger partial charge in [0.25, 0.3) is 0 Å². The van der Waals surface area contributed by atoms with Crippen LogP contribution in [0.15, 0.2) is 18.2 Å². The van der Waals surface area contributed by atoms with Gasteiger partial charge in [0, 0.05) is 23.7 Å². The average molecular weight is 349 g/mol. The summed E-state index contributed by atoms with van der Waals surface area (Å²) in [6.07, 6.45) is 1.48. The highest BCUT2D eigenvalue weighted by molar-refractivity contribution is 7.92. The van der Waals surface area contributed by atoms with Gasteiger partial charge in [0.05, 0.1) is 11.0 Å². The zero-order valence-corrected chi connectivity index (χ0v) is 13.5. The maximum absolute atomic E-state index is 13.5. The first kappa shape index (κ1) is 17.0. The molecule has 2 rings (SSSR count). The molecular formula is C14H18ClFN2O3S. The number of nitrogens with one attached hydrogen (secondary N) is 2. The molecule has 122 valence electrons. The Morgan fingerprint density at radius 2 is 2.14 bits per heavy atom. The van der Waals surface area contributed by atoms with E-state index in [1.807, 2.05) is 0 Å². The van der Waals surface area contributed by atoms with E-state index >= 15 is 0 Å². The van der Waals surface area contributed by atoms with Crippen molar-refractivity contribution in [1.29, 1.82) is 0 Å². The summed E-state index contributed by atoms with van der Waals surface area (Å²) >= 11 is 5.89. The van der Waals surface area contributed by atoms with E-state index in [9.17, 15) is 17.6 Å². The number of urea groups is 1. The molecule has 1 aromatic carbocycles. The Hall–Kier alpha value is -1.34. The molecular weight excluding hydrogens is 331 g/mol. The first-order valence-electron chi connectivity index (χ1n) is 7.06. The van der Waals surface area contributed by atoms with Crippen molar-refractivity contribution in [3.63, 3.8) is 0 Å². The van der Waals surface area contributed by atoms with E-state index in [2.05, 4.69) is 10.6 Å². The molecule has 0 aliphatic carbocycles. The van der Waals surface area contributed by atoms with Crippen molar-refractivity contribution in [2.24, 2.45) is 0 Å². The van der Waals surface area contributed by atoms with E-state index in [1.54, 1.807) is 6.07 Å². The van der Waals surface area contributed by atoms with Crippen molar-refractivity contribution in [2.75, 3.05) is 18.8 Å². The summed E-state index contributed by atoms with van der Waals surface area (Å²) in [7, 11) is -3.07. The van der Waals surface area contributed by atoms with Crippen molar-refractivity contribution < 1.29 is 17.6 Å². The van der Waals surface area contributed by atoms with Crippen LogP contribution in [-0.2, 0) is 16.3 Å². The van der Waals surface area contributed by atoms with Gasteiger partial charge in [-0.2, -0.15) is 0 Å². The number of rotatable bonds is 5. The molecule has 22 heavy (non-hydrogen) atoms. The fourth-order valence-electron chi connectivity index (χ4n) is 2.43. The number of carbonyl (C=O) groups excluding carboxylic acids is 1. The van der Waals surface area contributed by atoms with Crippen molar-refractivity contribution >= 4 is 27.5 Å². The van der Waals surface area contributed by atoms with Gasteiger partial charge in [-0.3, -0.25) is 0 Å². The Morgan fingerprint density at radius 3 is 2.77 bits per heavy atom. The lowest BCUT2D eigenvalue weighted by Gasteiger charge is -2.12. The normalized spacial score (nSPS) is 19.8. The highest BCUT2D eigenvalue weighted by Crippen LogP contribution is 2.19. The smallest absolute Gasteiger partial charge is 0.314 e. The van der Waals surface area contributed by atoms with Crippen LogP contribution in [0.3, 0.4) is 0 Å². The number of carbonyl (C=O) groups is 1. The fraction of sp³-hybridized carbons (Fsp3) is 0.500. The maximum Gasteiger partial charge on any atom is 0.314 e. The summed E-state index contributed by atoms with van der Waals surface area (Å²) in [5, 5.41) is 4.92. The monoisotopic (exact) mass is 348 g/mol. The molecule has 1 saturated heterocycles. The molecule has 0 radical (unpaired) electrons. The molecule has 5 nitrogen and oxygen atoms in total. The molecule has 1 fully saturated rings. The van der Waals surface area contributed by atoms with Gasteiger partial charge in [-0.05, 0) is 31.4 Å². The minimum absolute atomic E-state index is 0.106. The first-order chi connectivity index (χ1) is 10.4. The van der Waals surface area contributed by atoms with Crippen molar-refractivity contribution in [3.8, 4) is 0 Å². The molecule has 8 heteroatoms. The van der Waals surface area contributed by atoms with Gasteiger partial charge >= 0.3 is 6.03 Å². The number of halogens is 2. The predicted octanol–water partition coefficient (Wildman–Crippen LogP) is 1.90. The molecule has 1 aromatic rings. The van der Waals surface area contributed by atoms with Crippen LogP contribution in [0.4, 0.5) is 9.18 Å². The number of sulfone groups is 1. The lowest BCUT2D eigenvalue weighted by atomic mass is 10.1. The Bertz CT molecular complexity index is 631. The van der Waals surface area contributed by atoms with E-state index < -0.39 is 26.9 Å². The number of benzene rings is 1. The second-order valence-electron chi connectivity index (χ2n) is 5.22. The average Bonchev–Trinajstić information content (AvgIpc) is 2.78. The third kappa shape index (κ3) is 4.33. The summed E-state index contributed by atoms with van der Waals surface area (Å²) in [4.78, 5) is 11.6. The van der Waals surface area contributed by atoms with E-state index in [0.29, 0.717) is 23.4 Å². The quantitative estimate of drug-likeness (QED) is 0.853. The summed E-state index contributed by atoms with van der Waals surface area (Å²) in [5.41, 5.74) is 0.350. The Kier molecular flexibility index (Phi) is 5.63. The third-order valence-electron chi connectivity index (χ3n) is 3.68. The minimum Gasteiger partial charge on any atom is -0.338 e. The molecule has 0 spiro atoms. The predicted molar refractivity (Wildman–Crippen MR) is 83.3 cm³/mol. The van der Waals surface area contributed by atoms with Crippen LogP contribution >= 0.6 is 11.6 Å². The summed E-state index contributed by atoms with van der Waals surface area (Å²) in [6.45, 7) is 0.318. The van der Waals surface area contributed by atoms with Crippen LogP contribution in [0, 0.1) is 5.82 Å². The van der Waals surface area contributed by atoms with Crippen molar-refractivity contribution in [2.45, 2.75) is 24.5 Å². The van der Waals surface area contributed by atoms with Gasteiger partial charge in [0.15, 0.2) is 9.84 Å². The van der Waals surface area contributed by atoms with Crippen LogP contribution in [0.5, 0.6) is 0 Å². The van der Waals surface area contributed by atoms with Crippen molar-refractivity contribution in [1.82, 2.24) is 10.6 Å². The van der Waals surface area contributed by atoms with Gasteiger partial charge in [0.2, 0.25) is 0 Å². The van der Waals surface area contributed by atoms with Crippen LogP contribution in [0.1, 0.15) is 18.4 Å². The fourth-order valence-corrected chi connectivity index (χ4v) is 4.45. The second kappa shape index (κ2) is 7.28. The molecule has 0 aromatic heterocycles. The number of hydrogen-bond acceptors (Lipinski definition) is 3. The standard InChI is InChI=1S/C14H18ClFN2O3S/c15-12-4-1-5-13(16)11(12)6-7-17-14(19)18-9-10-3-2-8-22(10,20)21/h1,4-5,10H,2-3,6-9H2,(H2,17,18,19)/t10-/m0/s1. The van der Waals surface area contributed by atoms with Gasteiger partial charge in [0.1, 0.15) is 5.82 Å². The zero-order valence-electron chi connectivity index (χ0n) is 11.9. The molecule has 1 atom stereocenters. The van der Waals surface area contributed by atoms with E-state index in [0.717, 1.165) is 0 Å². The summed E-state index contributed by atoms with van der Waals surface area (Å²) < 4.78 is 36.8. The second-order valence-corrected chi connectivity index (χ2v) is 8.03. The van der Waals surface area contributed by atoms with Crippen LogP contribution < -0.4 is 10.6 Å².